The molecule has 0 aliphatic heterocycles. The van der Waals surface area contributed by atoms with Crippen LogP contribution in [0.5, 0.6) is 5.75 Å². The monoisotopic (exact) mass is 404 g/mol. The van der Waals surface area contributed by atoms with E-state index in [1.54, 1.807) is 0 Å². The van der Waals surface area contributed by atoms with Gasteiger partial charge in [-0.1, -0.05) is 54.6 Å². The van der Waals surface area contributed by atoms with E-state index < -0.39 is 0 Å². The highest BCUT2D eigenvalue weighted by Crippen LogP contribution is 2.46. The average Bonchev–Trinajstić information content (AvgIpc) is 3.23. The molecule has 0 saturated carbocycles. The molecule has 2 aliphatic carbocycles. The number of H-pyrrole nitrogens is 1. The minimum atomic E-state index is 0.498. The van der Waals surface area contributed by atoms with Gasteiger partial charge in [-0.2, -0.15) is 0 Å². The Hall–Kier alpha value is -3.59. The molecule has 1 N–H and O–H groups in total. The number of allylic oxidation sites excluding steroid dienone is 2. The number of aromatic amines is 1. The number of ether oxygens (including phenoxy) is 1. The third kappa shape index (κ3) is 2.84. The van der Waals surface area contributed by atoms with E-state index in [9.17, 15) is 0 Å². The standard InChI is InChI=1S/C28H24N2O/c1-29-24-16-15-23-26(28(24)31-17-18-9-3-2-4-10-18)25-21-13-7-5-11-19(21)20-12-6-8-14-22(20)27(25)30-23/h2-4,7-10,13-16,30H,1,5-6,11-12,17H2. The van der Waals surface area contributed by atoms with Crippen LogP contribution in [0.2, 0.25) is 0 Å². The fourth-order valence-electron chi connectivity index (χ4n) is 5.14. The molecule has 6 rings (SSSR count). The number of hydrogen-bond donors (Lipinski definition) is 1. The maximum Gasteiger partial charge on any atom is 0.155 e. The first kappa shape index (κ1) is 18.2. The van der Waals surface area contributed by atoms with Gasteiger partial charge in [0, 0.05) is 10.9 Å². The van der Waals surface area contributed by atoms with Crippen molar-refractivity contribution in [2.45, 2.75) is 32.3 Å². The van der Waals surface area contributed by atoms with Gasteiger partial charge in [-0.05, 0) is 66.8 Å². The van der Waals surface area contributed by atoms with E-state index in [2.05, 4.69) is 59.2 Å². The van der Waals surface area contributed by atoms with Gasteiger partial charge >= 0.3 is 0 Å². The van der Waals surface area contributed by atoms with Crippen LogP contribution >= 0.6 is 0 Å². The fourth-order valence-corrected chi connectivity index (χ4v) is 5.14. The molecule has 0 unspecified atom stereocenters. The van der Waals surface area contributed by atoms with Gasteiger partial charge in [-0.15, -0.1) is 0 Å². The Kier molecular flexibility index (Phi) is 4.27. The predicted octanol–water partition coefficient (Wildman–Crippen LogP) is 7.15. The van der Waals surface area contributed by atoms with Crippen LogP contribution in [0.1, 0.15) is 40.7 Å². The molecule has 0 amide bonds. The molecule has 0 atom stereocenters. The largest absolute Gasteiger partial charge is 0.486 e. The quantitative estimate of drug-likeness (QED) is 0.360. The fraction of sp³-hybridized carbons (Fsp3) is 0.179. The van der Waals surface area contributed by atoms with Gasteiger partial charge in [0.05, 0.1) is 16.4 Å². The highest BCUT2D eigenvalue weighted by atomic mass is 16.5. The lowest BCUT2D eigenvalue weighted by Gasteiger charge is -2.22. The molecule has 2 aliphatic rings. The maximum absolute atomic E-state index is 6.43. The molecule has 0 radical (unpaired) electrons. The Morgan fingerprint density at radius 2 is 1.61 bits per heavy atom. The number of hydrogen-bond acceptors (Lipinski definition) is 2. The summed E-state index contributed by atoms with van der Waals surface area (Å²) in [7, 11) is 0. The third-order valence-electron chi connectivity index (χ3n) is 6.54. The van der Waals surface area contributed by atoms with Gasteiger partial charge in [0.25, 0.3) is 0 Å². The zero-order valence-corrected chi connectivity index (χ0v) is 17.4. The zero-order valence-electron chi connectivity index (χ0n) is 17.4. The van der Waals surface area contributed by atoms with Crippen molar-refractivity contribution in [1.82, 2.24) is 4.98 Å². The Morgan fingerprint density at radius 1 is 0.871 bits per heavy atom. The van der Waals surface area contributed by atoms with Crippen LogP contribution in [-0.2, 0) is 19.4 Å². The van der Waals surface area contributed by atoms with Gasteiger partial charge in [0.2, 0.25) is 0 Å². The van der Waals surface area contributed by atoms with Crippen molar-refractivity contribution in [1.29, 1.82) is 0 Å². The van der Waals surface area contributed by atoms with Crippen LogP contribution in [0.3, 0.4) is 0 Å². The summed E-state index contributed by atoms with van der Waals surface area (Å²) >= 11 is 0. The van der Waals surface area contributed by atoms with E-state index in [1.807, 2.05) is 24.3 Å². The summed E-state index contributed by atoms with van der Waals surface area (Å²) in [6.45, 7) is 4.31. The van der Waals surface area contributed by atoms with E-state index >= 15 is 0 Å². The smallest absolute Gasteiger partial charge is 0.155 e. The second kappa shape index (κ2) is 7.28. The summed E-state index contributed by atoms with van der Waals surface area (Å²) in [5.41, 5.74) is 9.90. The van der Waals surface area contributed by atoms with E-state index in [0.717, 1.165) is 53.6 Å². The van der Waals surface area contributed by atoms with Crippen molar-refractivity contribution in [3.8, 4) is 5.75 Å². The average molecular weight is 405 g/mol. The lowest BCUT2D eigenvalue weighted by atomic mass is 9.82. The number of nitrogens with one attached hydrogen (secondary N) is 1. The Balaban J connectivity index is 1.66. The van der Waals surface area contributed by atoms with Crippen molar-refractivity contribution in [3.63, 3.8) is 0 Å². The number of rotatable bonds is 4. The second-order valence-corrected chi connectivity index (χ2v) is 8.31. The molecule has 3 aromatic carbocycles. The van der Waals surface area contributed by atoms with E-state index in [1.165, 1.54) is 33.2 Å². The van der Waals surface area contributed by atoms with Crippen molar-refractivity contribution >= 4 is 46.4 Å². The molecule has 31 heavy (non-hydrogen) atoms. The molecular formula is C28H24N2O. The third-order valence-corrected chi connectivity index (χ3v) is 6.54. The van der Waals surface area contributed by atoms with E-state index in [4.69, 9.17) is 4.74 Å². The van der Waals surface area contributed by atoms with E-state index in [0.29, 0.717) is 6.61 Å². The van der Waals surface area contributed by atoms with Crippen LogP contribution in [0.15, 0.2) is 59.6 Å². The van der Waals surface area contributed by atoms with E-state index in [-0.39, 0.29) is 0 Å². The van der Waals surface area contributed by atoms with Gasteiger partial charge in [0.1, 0.15) is 12.3 Å². The first-order valence-corrected chi connectivity index (χ1v) is 11.0. The van der Waals surface area contributed by atoms with Crippen molar-refractivity contribution < 1.29 is 4.74 Å². The van der Waals surface area contributed by atoms with Crippen molar-refractivity contribution in [2.24, 2.45) is 4.99 Å². The summed E-state index contributed by atoms with van der Waals surface area (Å²) in [6, 6.07) is 14.4. The topological polar surface area (TPSA) is 37.4 Å². The first-order valence-electron chi connectivity index (χ1n) is 11.0. The molecule has 0 fully saturated rings. The summed E-state index contributed by atoms with van der Waals surface area (Å²) in [6.07, 6.45) is 13.6. The number of fused-ring (bicyclic) bond motifs is 8. The van der Waals surface area contributed by atoms with Crippen molar-refractivity contribution in [2.75, 3.05) is 0 Å². The summed E-state index contributed by atoms with van der Waals surface area (Å²) in [5.74, 6) is 0.809. The summed E-state index contributed by atoms with van der Waals surface area (Å²) < 4.78 is 6.43. The minimum absolute atomic E-state index is 0.498. The molecule has 0 spiro atoms. The van der Waals surface area contributed by atoms with Gasteiger partial charge in [-0.3, -0.25) is 4.99 Å². The number of benzene rings is 3. The highest BCUT2D eigenvalue weighted by molar-refractivity contribution is 6.18. The van der Waals surface area contributed by atoms with Crippen LogP contribution in [0, 0.1) is 0 Å². The molecular weight excluding hydrogens is 380 g/mol. The Morgan fingerprint density at radius 3 is 2.39 bits per heavy atom. The molecule has 152 valence electrons. The van der Waals surface area contributed by atoms with Gasteiger partial charge in [-0.25, -0.2) is 0 Å². The minimum Gasteiger partial charge on any atom is -0.486 e. The molecule has 3 nitrogen and oxygen atoms in total. The first-order chi connectivity index (χ1) is 15.3. The number of aliphatic imine (C=N–C) groups is 1. The SMILES string of the molecule is C=Nc1ccc2[nH]c3c4c(c5c(c3c2c1OCc1ccccc1)C=CCC5)CCC=C4. The molecule has 3 heteroatoms. The normalized spacial score (nSPS) is 14.6. The van der Waals surface area contributed by atoms with Gasteiger partial charge < -0.3 is 9.72 Å². The van der Waals surface area contributed by atoms with Crippen LogP contribution in [0.4, 0.5) is 5.69 Å². The number of aromatic nitrogens is 1. The molecule has 4 aromatic rings. The van der Waals surface area contributed by atoms with Gasteiger partial charge in [0.15, 0.2) is 5.75 Å². The van der Waals surface area contributed by atoms with Crippen LogP contribution in [-0.4, -0.2) is 11.7 Å². The Bertz CT molecular complexity index is 1390. The van der Waals surface area contributed by atoms with Crippen molar-refractivity contribution in [3.05, 3.63) is 82.4 Å². The zero-order chi connectivity index (χ0) is 20.8. The molecule has 0 bridgehead atoms. The molecule has 1 aromatic heterocycles. The lowest BCUT2D eigenvalue weighted by Crippen LogP contribution is -2.06. The summed E-state index contributed by atoms with van der Waals surface area (Å²) in [5, 5.41) is 2.36. The Labute approximate surface area is 181 Å². The second-order valence-electron chi connectivity index (χ2n) is 8.31. The highest BCUT2D eigenvalue weighted by Gasteiger charge is 2.24. The number of nitrogens with zero attached hydrogens (tertiary/aromatic N) is 1. The molecule has 1 heterocycles. The van der Waals surface area contributed by atoms with Crippen LogP contribution in [0.25, 0.3) is 34.0 Å². The molecule has 0 saturated heterocycles. The lowest BCUT2D eigenvalue weighted by molar-refractivity contribution is 0.311. The predicted molar refractivity (Wildman–Crippen MR) is 130 cm³/mol. The summed E-state index contributed by atoms with van der Waals surface area (Å²) in [4.78, 5) is 8.02. The maximum atomic E-state index is 6.43. The van der Waals surface area contributed by atoms with Crippen LogP contribution < -0.4 is 4.74 Å².